The highest BCUT2D eigenvalue weighted by Gasteiger charge is 2.36. The van der Waals surface area contributed by atoms with Gasteiger partial charge in [-0.15, -0.1) is 0 Å². The van der Waals surface area contributed by atoms with Gasteiger partial charge >= 0.3 is 12.2 Å². The Labute approximate surface area is 192 Å². The van der Waals surface area contributed by atoms with Gasteiger partial charge in [-0.2, -0.15) is 5.01 Å². The molecule has 8 nitrogen and oxygen atoms in total. The molecule has 1 heterocycles. The summed E-state index contributed by atoms with van der Waals surface area (Å²) in [5, 5.41) is 0.809. The Morgan fingerprint density at radius 3 is 2.11 bits per heavy atom. The summed E-state index contributed by atoms with van der Waals surface area (Å²) in [6.07, 6.45) is -0.302. The lowest BCUT2D eigenvalue weighted by Gasteiger charge is -2.37. The van der Waals surface area contributed by atoms with Crippen LogP contribution in [0, 0.1) is 0 Å². The Kier molecular flexibility index (Phi) is 10.3. The number of nitrogens with zero attached hydrogens (tertiary/aromatic N) is 2. The molecular weight excluding hydrogens is 503 g/mol. The Bertz CT molecular complexity index is 569. The number of carbonyl (C=O) groups is 3. The van der Waals surface area contributed by atoms with E-state index in [1.165, 1.54) is 11.8 Å². The van der Waals surface area contributed by atoms with Gasteiger partial charge in [0.2, 0.25) is 13.5 Å². The minimum absolute atomic E-state index is 0.289. The summed E-state index contributed by atoms with van der Waals surface area (Å²) >= 11 is 33.4. The second-order valence-corrected chi connectivity index (χ2v) is 10.9. The second kappa shape index (κ2) is 11.2. The molecule has 0 spiro atoms. The summed E-state index contributed by atoms with van der Waals surface area (Å²) < 4.78 is 6.01. The van der Waals surface area contributed by atoms with Crippen molar-refractivity contribution in [3.8, 4) is 0 Å². The first kappa shape index (κ1) is 25.8. The minimum atomic E-state index is -1.86. The Balaban J connectivity index is 2.99. The van der Waals surface area contributed by atoms with Crippen LogP contribution in [0.5, 0.6) is 0 Å². The normalized spacial score (nSPS) is 18.1. The highest BCUT2D eigenvalue weighted by molar-refractivity contribution is 6.68. The molecule has 1 saturated heterocycles. The van der Waals surface area contributed by atoms with Gasteiger partial charge < -0.3 is 14.4 Å². The van der Waals surface area contributed by atoms with E-state index < -0.39 is 39.2 Å². The molecule has 0 bridgehead atoms. The van der Waals surface area contributed by atoms with Gasteiger partial charge in [-0.25, -0.2) is 15.0 Å². The van der Waals surface area contributed by atoms with Crippen LogP contribution in [-0.4, -0.2) is 61.5 Å². The maximum absolute atomic E-state index is 12.5. The number of carbonyl (C=O) groups excluding carboxylic acids is 3. The highest BCUT2D eigenvalue weighted by Crippen LogP contribution is 2.27. The van der Waals surface area contributed by atoms with Crippen molar-refractivity contribution < 1.29 is 23.9 Å². The lowest BCUT2D eigenvalue weighted by atomic mass is 10.2. The van der Waals surface area contributed by atoms with Gasteiger partial charge in [0, 0.05) is 13.5 Å². The summed E-state index contributed by atoms with van der Waals surface area (Å²) in [6.45, 7) is 0.593. The molecule has 1 unspecified atom stereocenters. The molecule has 3 amide bonds. The van der Waals surface area contributed by atoms with Crippen LogP contribution in [-0.2, 0) is 14.3 Å². The summed E-state index contributed by atoms with van der Waals surface area (Å²) in [4.78, 5) is 38.1. The molecule has 162 valence electrons. The van der Waals surface area contributed by atoms with E-state index in [1.54, 1.807) is 0 Å². The summed E-state index contributed by atoms with van der Waals surface area (Å²) in [5.41, 5.74) is 2.21. The molecule has 0 aliphatic carbocycles. The Morgan fingerprint density at radius 2 is 1.57 bits per heavy atom. The van der Waals surface area contributed by atoms with Gasteiger partial charge in [-0.1, -0.05) is 76.0 Å². The van der Waals surface area contributed by atoms with Crippen molar-refractivity contribution in [3.05, 3.63) is 0 Å². The standard InChI is InChI=1S/C14H19Cl6N3O5/c1-9(24)22-6-4-2-3-5-10(22)23(12(26)28-8-14(18,19)20)21-11(25)27-7-13(15,16)17/h10H,2-8H2,1H3,(H,21,25). The molecule has 0 radical (unpaired) electrons. The zero-order valence-corrected chi connectivity index (χ0v) is 19.3. The molecule has 0 aromatic carbocycles. The first-order chi connectivity index (χ1) is 12.8. The molecule has 1 aliphatic rings. The molecule has 0 aromatic rings. The quantitative estimate of drug-likeness (QED) is 0.434. The molecule has 28 heavy (non-hydrogen) atoms. The van der Waals surface area contributed by atoms with E-state index in [-0.39, 0.29) is 5.91 Å². The molecule has 0 aromatic heterocycles. The van der Waals surface area contributed by atoms with Crippen molar-refractivity contribution in [2.75, 3.05) is 19.8 Å². The highest BCUT2D eigenvalue weighted by atomic mass is 35.6. The smallest absolute Gasteiger partial charge is 0.430 e. The molecule has 1 rings (SSSR count). The van der Waals surface area contributed by atoms with Crippen LogP contribution >= 0.6 is 69.6 Å². The number of halogens is 6. The number of rotatable bonds is 3. The van der Waals surface area contributed by atoms with E-state index in [4.69, 9.17) is 79.1 Å². The zero-order chi connectivity index (χ0) is 21.5. The fourth-order valence-corrected chi connectivity index (χ4v) is 2.79. The van der Waals surface area contributed by atoms with Gasteiger partial charge in [0.05, 0.1) is 0 Å². The zero-order valence-electron chi connectivity index (χ0n) is 14.7. The van der Waals surface area contributed by atoms with Crippen LogP contribution < -0.4 is 5.43 Å². The Morgan fingerprint density at radius 1 is 1.00 bits per heavy atom. The third-order valence-electron chi connectivity index (χ3n) is 3.56. The maximum atomic E-state index is 12.5. The van der Waals surface area contributed by atoms with Gasteiger partial charge in [-0.3, -0.25) is 4.79 Å². The third kappa shape index (κ3) is 9.98. The molecule has 1 fully saturated rings. The van der Waals surface area contributed by atoms with Crippen LogP contribution in [0.25, 0.3) is 0 Å². The van der Waals surface area contributed by atoms with Crippen molar-refractivity contribution in [1.29, 1.82) is 0 Å². The number of nitrogens with one attached hydrogen (secondary N) is 1. The van der Waals surface area contributed by atoms with Crippen LogP contribution in [0.4, 0.5) is 9.59 Å². The van der Waals surface area contributed by atoms with E-state index in [2.05, 4.69) is 5.43 Å². The maximum Gasteiger partial charge on any atom is 0.430 e. The molecular formula is C14H19Cl6N3O5. The van der Waals surface area contributed by atoms with Gasteiger partial charge in [-0.05, 0) is 19.3 Å². The van der Waals surface area contributed by atoms with Gasteiger partial charge in [0.25, 0.3) is 0 Å². The van der Waals surface area contributed by atoms with Crippen molar-refractivity contribution in [1.82, 2.24) is 15.3 Å². The van der Waals surface area contributed by atoms with Crippen molar-refractivity contribution in [2.24, 2.45) is 0 Å². The number of likely N-dealkylation sites (tertiary alicyclic amines) is 1. The van der Waals surface area contributed by atoms with E-state index >= 15 is 0 Å². The average molecular weight is 522 g/mol. The predicted octanol–water partition coefficient (Wildman–Crippen LogP) is 4.56. The fourth-order valence-electron chi connectivity index (χ4n) is 2.46. The molecule has 1 N–H and O–H groups in total. The Hall–Kier alpha value is -0.250. The SMILES string of the molecule is CC(=O)N1CCCCCC1N(NC(=O)OCC(Cl)(Cl)Cl)C(=O)OCC(Cl)(Cl)Cl. The predicted molar refractivity (Wildman–Crippen MR) is 108 cm³/mol. The monoisotopic (exact) mass is 519 g/mol. The lowest BCUT2D eigenvalue weighted by Crippen LogP contribution is -2.59. The van der Waals surface area contributed by atoms with E-state index in [9.17, 15) is 14.4 Å². The molecule has 0 saturated carbocycles. The van der Waals surface area contributed by atoms with E-state index in [1.807, 2.05) is 0 Å². The first-order valence-electron chi connectivity index (χ1n) is 8.10. The van der Waals surface area contributed by atoms with Crippen molar-refractivity contribution in [2.45, 2.75) is 46.4 Å². The van der Waals surface area contributed by atoms with E-state index in [0.29, 0.717) is 19.4 Å². The minimum Gasteiger partial charge on any atom is -0.444 e. The summed E-state index contributed by atoms with van der Waals surface area (Å²) in [6, 6.07) is 0. The van der Waals surface area contributed by atoms with Crippen LogP contribution in [0.15, 0.2) is 0 Å². The number of ether oxygens (including phenoxy) is 2. The summed E-state index contributed by atoms with van der Waals surface area (Å²) in [7, 11) is 0. The number of alkyl halides is 6. The molecule has 1 aliphatic heterocycles. The van der Waals surface area contributed by atoms with Crippen molar-refractivity contribution in [3.63, 3.8) is 0 Å². The number of hydrazine groups is 1. The number of hydrogen-bond acceptors (Lipinski definition) is 5. The molecule has 1 atom stereocenters. The lowest BCUT2D eigenvalue weighted by molar-refractivity contribution is -0.135. The van der Waals surface area contributed by atoms with Gasteiger partial charge in [0.15, 0.2) is 0 Å². The van der Waals surface area contributed by atoms with Crippen LogP contribution in [0.1, 0.15) is 32.6 Å². The van der Waals surface area contributed by atoms with Crippen LogP contribution in [0.3, 0.4) is 0 Å². The topological polar surface area (TPSA) is 88.2 Å². The first-order valence-corrected chi connectivity index (χ1v) is 10.4. The average Bonchev–Trinajstić information content (AvgIpc) is 2.80. The van der Waals surface area contributed by atoms with Crippen molar-refractivity contribution >= 4 is 87.7 Å². The number of amides is 3. The van der Waals surface area contributed by atoms with Crippen LogP contribution in [0.2, 0.25) is 0 Å². The fraction of sp³-hybridized carbons (Fsp3) is 0.786. The van der Waals surface area contributed by atoms with Gasteiger partial charge in [0.1, 0.15) is 19.4 Å². The molecule has 14 heteroatoms. The van der Waals surface area contributed by atoms with E-state index in [0.717, 1.165) is 17.9 Å². The second-order valence-electron chi connectivity index (χ2n) is 5.89. The summed E-state index contributed by atoms with van der Waals surface area (Å²) in [5.74, 6) is -0.289. The number of hydrogen-bond donors (Lipinski definition) is 1. The third-order valence-corrected chi connectivity index (χ3v) is 4.21. The largest absolute Gasteiger partial charge is 0.444 e.